The van der Waals surface area contributed by atoms with Crippen LogP contribution in [-0.4, -0.2) is 17.4 Å². The first-order chi connectivity index (χ1) is 10.1. The molecule has 0 saturated carbocycles. The number of rotatable bonds is 5. The van der Waals surface area contributed by atoms with E-state index in [4.69, 9.17) is 11.6 Å². The zero-order chi connectivity index (χ0) is 15.2. The molecule has 2 rings (SSSR count). The van der Waals surface area contributed by atoms with Crippen LogP contribution in [-0.2, 0) is 4.79 Å². The Balaban J connectivity index is 2.11. The van der Waals surface area contributed by atoms with Gasteiger partial charge in [0, 0.05) is 5.69 Å². The van der Waals surface area contributed by atoms with E-state index < -0.39 is 10.6 Å². The second-order valence-electron chi connectivity index (χ2n) is 4.46. The molecule has 0 aliphatic heterocycles. The molecule has 0 spiro atoms. The van der Waals surface area contributed by atoms with E-state index in [1.807, 2.05) is 36.6 Å². The molecule has 1 amide bonds. The maximum Gasteiger partial charge on any atom is 0.239 e. The van der Waals surface area contributed by atoms with Crippen molar-refractivity contribution in [2.75, 3.05) is 11.6 Å². The first-order valence-corrected chi connectivity index (χ1v) is 8.12. The molecule has 0 saturated heterocycles. The number of hydrogen-bond acceptors (Lipinski definition) is 2. The molecule has 0 radical (unpaired) electrons. The number of benzene rings is 2. The molecule has 0 aromatic heterocycles. The smallest absolute Gasteiger partial charge is 0.239 e. The number of nitrogens with one attached hydrogen (secondary N) is 1. The van der Waals surface area contributed by atoms with Crippen LogP contribution in [0.2, 0.25) is 0 Å². The minimum Gasteiger partial charge on any atom is -0.325 e. The highest BCUT2D eigenvalue weighted by Gasteiger charge is 2.27. The third-order valence-electron chi connectivity index (χ3n) is 3.01. The standard InChI is InChI=1S/C16H15ClFNOS/c1-21-15(14(17)11-7-9-12(18)10-8-11)16(20)19-13-5-3-2-4-6-13/h2-10,14-15H,1H3,(H,19,20)/t14-,15+/m0/s1. The Morgan fingerprint density at radius 3 is 2.33 bits per heavy atom. The molecular formula is C16H15ClFNOS. The quantitative estimate of drug-likeness (QED) is 0.822. The van der Waals surface area contributed by atoms with E-state index in [-0.39, 0.29) is 11.7 Å². The van der Waals surface area contributed by atoms with Crippen molar-refractivity contribution in [3.05, 3.63) is 66.0 Å². The molecule has 2 nitrogen and oxygen atoms in total. The van der Waals surface area contributed by atoms with Gasteiger partial charge in [0.25, 0.3) is 0 Å². The van der Waals surface area contributed by atoms with Crippen LogP contribution in [0.4, 0.5) is 10.1 Å². The minimum atomic E-state index is -0.524. The molecule has 21 heavy (non-hydrogen) atoms. The number of halogens is 2. The van der Waals surface area contributed by atoms with Crippen LogP contribution in [0.5, 0.6) is 0 Å². The zero-order valence-corrected chi connectivity index (χ0v) is 13.0. The van der Waals surface area contributed by atoms with Gasteiger partial charge in [0.1, 0.15) is 11.1 Å². The van der Waals surface area contributed by atoms with E-state index in [9.17, 15) is 9.18 Å². The molecular weight excluding hydrogens is 309 g/mol. The van der Waals surface area contributed by atoms with Gasteiger partial charge in [-0.2, -0.15) is 11.8 Å². The summed E-state index contributed by atoms with van der Waals surface area (Å²) in [6.07, 6.45) is 1.83. The molecule has 0 heterocycles. The maximum atomic E-state index is 13.0. The lowest BCUT2D eigenvalue weighted by Crippen LogP contribution is -2.28. The number of anilines is 1. The Kier molecular flexibility index (Phi) is 5.65. The average molecular weight is 324 g/mol. The fourth-order valence-electron chi connectivity index (χ4n) is 1.92. The Labute approximate surface area is 132 Å². The Morgan fingerprint density at radius 1 is 1.14 bits per heavy atom. The van der Waals surface area contributed by atoms with Crippen molar-refractivity contribution >= 4 is 35.0 Å². The van der Waals surface area contributed by atoms with Crippen LogP contribution in [0.1, 0.15) is 10.9 Å². The lowest BCUT2D eigenvalue weighted by molar-refractivity contribution is -0.115. The highest BCUT2D eigenvalue weighted by molar-refractivity contribution is 8.00. The number of amides is 1. The van der Waals surface area contributed by atoms with Crippen molar-refractivity contribution in [3.63, 3.8) is 0 Å². The molecule has 1 N–H and O–H groups in total. The summed E-state index contributed by atoms with van der Waals surface area (Å²) in [5.41, 5.74) is 1.45. The van der Waals surface area contributed by atoms with Crippen LogP contribution in [0.25, 0.3) is 0 Å². The lowest BCUT2D eigenvalue weighted by Gasteiger charge is -2.20. The van der Waals surface area contributed by atoms with E-state index in [0.29, 0.717) is 0 Å². The van der Waals surface area contributed by atoms with Gasteiger partial charge in [-0.1, -0.05) is 30.3 Å². The SMILES string of the molecule is CS[C@@H](C(=O)Nc1ccccc1)[C@@H](Cl)c1ccc(F)cc1. The molecule has 0 aliphatic rings. The number of para-hydroxylation sites is 1. The Bertz CT molecular complexity index is 591. The van der Waals surface area contributed by atoms with Gasteiger partial charge < -0.3 is 5.32 Å². The first kappa shape index (κ1) is 15.9. The van der Waals surface area contributed by atoms with Gasteiger partial charge >= 0.3 is 0 Å². The van der Waals surface area contributed by atoms with Gasteiger partial charge in [-0.05, 0) is 36.1 Å². The minimum absolute atomic E-state index is 0.168. The summed E-state index contributed by atoms with van der Waals surface area (Å²) < 4.78 is 13.0. The third kappa shape index (κ3) is 4.22. The van der Waals surface area contributed by atoms with Gasteiger partial charge in [-0.15, -0.1) is 11.6 Å². The number of carbonyl (C=O) groups excluding carboxylic acids is 1. The van der Waals surface area contributed by atoms with E-state index in [0.717, 1.165) is 11.3 Å². The predicted octanol–water partition coefficient (Wildman–Crippen LogP) is 4.48. The Hall–Kier alpha value is -1.52. The summed E-state index contributed by atoms with van der Waals surface area (Å²) in [5.74, 6) is -0.491. The molecule has 2 aromatic rings. The molecule has 0 fully saturated rings. The summed E-state index contributed by atoms with van der Waals surface area (Å²) in [6, 6.07) is 15.1. The number of hydrogen-bond donors (Lipinski definition) is 1. The predicted molar refractivity (Wildman–Crippen MR) is 87.4 cm³/mol. The van der Waals surface area contributed by atoms with Crippen molar-refractivity contribution in [2.24, 2.45) is 0 Å². The number of alkyl halides is 1. The highest BCUT2D eigenvalue weighted by atomic mass is 35.5. The normalized spacial score (nSPS) is 13.5. The average Bonchev–Trinajstić information content (AvgIpc) is 2.49. The second-order valence-corrected chi connectivity index (χ2v) is 5.91. The highest BCUT2D eigenvalue weighted by Crippen LogP contribution is 2.32. The van der Waals surface area contributed by atoms with Gasteiger partial charge in [0.05, 0.1) is 5.38 Å². The zero-order valence-electron chi connectivity index (χ0n) is 11.4. The summed E-state index contributed by atoms with van der Waals surface area (Å²) in [7, 11) is 0. The topological polar surface area (TPSA) is 29.1 Å². The van der Waals surface area contributed by atoms with Crippen molar-refractivity contribution in [3.8, 4) is 0 Å². The van der Waals surface area contributed by atoms with Crippen molar-refractivity contribution < 1.29 is 9.18 Å². The van der Waals surface area contributed by atoms with Crippen LogP contribution in [0.15, 0.2) is 54.6 Å². The third-order valence-corrected chi connectivity index (χ3v) is 4.66. The van der Waals surface area contributed by atoms with Crippen LogP contribution in [0.3, 0.4) is 0 Å². The Morgan fingerprint density at radius 2 is 1.76 bits per heavy atom. The van der Waals surface area contributed by atoms with E-state index >= 15 is 0 Å². The molecule has 0 unspecified atom stereocenters. The van der Waals surface area contributed by atoms with Crippen molar-refractivity contribution in [1.82, 2.24) is 0 Å². The van der Waals surface area contributed by atoms with Crippen molar-refractivity contribution in [1.29, 1.82) is 0 Å². The van der Waals surface area contributed by atoms with Gasteiger partial charge in [-0.3, -0.25) is 4.79 Å². The van der Waals surface area contributed by atoms with Crippen LogP contribution < -0.4 is 5.32 Å². The fraction of sp³-hybridized carbons (Fsp3) is 0.188. The molecule has 2 atom stereocenters. The summed E-state index contributed by atoms with van der Waals surface area (Å²) >= 11 is 7.75. The maximum absolute atomic E-state index is 13.0. The largest absolute Gasteiger partial charge is 0.325 e. The van der Waals surface area contributed by atoms with E-state index in [1.165, 1.54) is 23.9 Å². The van der Waals surface area contributed by atoms with Gasteiger partial charge in [-0.25, -0.2) is 4.39 Å². The van der Waals surface area contributed by atoms with E-state index in [2.05, 4.69) is 5.32 Å². The van der Waals surface area contributed by atoms with Crippen LogP contribution in [0, 0.1) is 5.82 Å². The molecule has 0 aliphatic carbocycles. The molecule has 2 aromatic carbocycles. The second kappa shape index (κ2) is 7.48. The summed E-state index contributed by atoms with van der Waals surface area (Å²) in [4.78, 5) is 12.3. The summed E-state index contributed by atoms with van der Waals surface area (Å²) in [5, 5.41) is 1.85. The molecule has 5 heteroatoms. The molecule has 110 valence electrons. The first-order valence-electron chi connectivity index (χ1n) is 6.40. The fourth-order valence-corrected chi connectivity index (χ4v) is 3.15. The van der Waals surface area contributed by atoms with Crippen molar-refractivity contribution in [2.45, 2.75) is 10.6 Å². The number of thioether (sulfide) groups is 1. The summed E-state index contributed by atoms with van der Waals surface area (Å²) in [6.45, 7) is 0. The van der Waals surface area contributed by atoms with Gasteiger partial charge in [0.15, 0.2) is 0 Å². The van der Waals surface area contributed by atoms with E-state index in [1.54, 1.807) is 12.1 Å². The number of carbonyl (C=O) groups is 1. The molecule has 0 bridgehead atoms. The lowest BCUT2D eigenvalue weighted by atomic mass is 10.1. The van der Waals surface area contributed by atoms with Gasteiger partial charge in [0.2, 0.25) is 5.91 Å². The monoisotopic (exact) mass is 323 g/mol. The van der Waals surface area contributed by atoms with Crippen LogP contribution >= 0.6 is 23.4 Å².